The third-order valence-electron chi connectivity index (χ3n) is 6.00. The van der Waals surface area contributed by atoms with Crippen molar-refractivity contribution in [3.63, 3.8) is 0 Å². The zero-order valence-corrected chi connectivity index (χ0v) is 23.9. The second-order valence-electron chi connectivity index (χ2n) is 8.79. The predicted octanol–water partition coefficient (Wildman–Crippen LogP) is 5.66. The van der Waals surface area contributed by atoms with E-state index in [1.807, 2.05) is 6.92 Å². The first kappa shape index (κ1) is 30.4. The van der Waals surface area contributed by atoms with Crippen molar-refractivity contribution >= 4 is 50.7 Å². The number of amides is 2. The van der Waals surface area contributed by atoms with Gasteiger partial charge in [0.05, 0.1) is 15.6 Å². The van der Waals surface area contributed by atoms with Gasteiger partial charge in [0.25, 0.3) is 10.0 Å². The van der Waals surface area contributed by atoms with Gasteiger partial charge in [-0.05, 0) is 60.9 Å². The maximum absolute atomic E-state index is 14.0. The van der Waals surface area contributed by atoms with E-state index in [1.165, 1.54) is 23.1 Å². The highest BCUT2D eigenvalue weighted by Crippen LogP contribution is 2.28. The number of sulfonamides is 1. The van der Waals surface area contributed by atoms with E-state index in [-0.39, 0.29) is 28.1 Å². The number of hydrogen-bond acceptors (Lipinski definition) is 4. The summed E-state index contributed by atoms with van der Waals surface area (Å²) >= 11 is 12.0. The van der Waals surface area contributed by atoms with Crippen molar-refractivity contribution in [2.45, 2.75) is 44.2 Å². The average Bonchev–Trinajstić information content (AvgIpc) is 2.93. The molecule has 3 rings (SSSR count). The van der Waals surface area contributed by atoms with E-state index < -0.39 is 34.3 Å². The number of carbonyl (C=O) groups excluding carboxylic acids is 2. The smallest absolute Gasteiger partial charge is 0.264 e. The standard InChI is InChI=1S/C28H30Cl2FN3O4S/c1-3-16-32-28(36)26(4-2)33(18-20-10-12-21(29)13-11-20)27(35)19-34(22-14-15-25(31)24(30)17-22)39(37,38)23-8-6-5-7-9-23/h5-15,17,26H,3-4,16,18-19H2,1-2H3,(H,32,36). The molecule has 11 heteroatoms. The molecule has 208 valence electrons. The third kappa shape index (κ3) is 7.71. The Morgan fingerprint density at radius 3 is 2.23 bits per heavy atom. The minimum Gasteiger partial charge on any atom is -0.354 e. The minimum atomic E-state index is -4.27. The molecular formula is C28H30Cl2FN3O4S. The van der Waals surface area contributed by atoms with E-state index in [9.17, 15) is 22.4 Å². The summed E-state index contributed by atoms with van der Waals surface area (Å²) in [5.41, 5.74) is 0.713. The molecule has 0 spiro atoms. The van der Waals surface area contributed by atoms with Gasteiger partial charge >= 0.3 is 0 Å². The largest absolute Gasteiger partial charge is 0.354 e. The molecule has 3 aromatic rings. The predicted molar refractivity (Wildman–Crippen MR) is 152 cm³/mol. The van der Waals surface area contributed by atoms with E-state index >= 15 is 0 Å². The minimum absolute atomic E-state index is 0.00790. The normalized spacial score (nSPS) is 12.0. The summed E-state index contributed by atoms with van der Waals surface area (Å²) in [6.45, 7) is 3.51. The lowest BCUT2D eigenvalue weighted by molar-refractivity contribution is -0.140. The average molecular weight is 595 g/mol. The summed E-state index contributed by atoms with van der Waals surface area (Å²) in [4.78, 5) is 28.3. The third-order valence-corrected chi connectivity index (χ3v) is 8.33. The molecule has 0 fully saturated rings. The summed E-state index contributed by atoms with van der Waals surface area (Å²) in [7, 11) is -4.27. The van der Waals surface area contributed by atoms with Crippen molar-refractivity contribution in [1.82, 2.24) is 10.2 Å². The Bertz CT molecular complexity index is 1390. The van der Waals surface area contributed by atoms with Crippen LogP contribution < -0.4 is 9.62 Å². The summed E-state index contributed by atoms with van der Waals surface area (Å²) in [6.07, 6.45) is 1.00. The lowest BCUT2D eigenvalue weighted by atomic mass is 10.1. The van der Waals surface area contributed by atoms with Crippen LogP contribution in [0.3, 0.4) is 0 Å². The number of hydrogen-bond donors (Lipinski definition) is 1. The van der Waals surface area contributed by atoms with E-state index in [2.05, 4.69) is 5.32 Å². The second-order valence-corrected chi connectivity index (χ2v) is 11.5. The molecule has 0 saturated carbocycles. The molecule has 0 bridgehead atoms. The summed E-state index contributed by atoms with van der Waals surface area (Å²) in [5, 5.41) is 3.04. The molecule has 1 unspecified atom stereocenters. The highest BCUT2D eigenvalue weighted by molar-refractivity contribution is 7.92. The summed E-state index contributed by atoms with van der Waals surface area (Å²) in [5.74, 6) is -1.70. The van der Waals surface area contributed by atoms with Crippen LogP contribution in [0.25, 0.3) is 0 Å². The number of nitrogens with zero attached hydrogens (tertiary/aromatic N) is 2. The number of benzene rings is 3. The molecular weight excluding hydrogens is 564 g/mol. The van der Waals surface area contributed by atoms with Gasteiger partial charge in [0.1, 0.15) is 18.4 Å². The molecule has 0 aliphatic heterocycles. The zero-order valence-electron chi connectivity index (χ0n) is 21.6. The van der Waals surface area contributed by atoms with Gasteiger partial charge in [0.2, 0.25) is 11.8 Å². The van der Waals surface area contributed by atoms with Gasteiger partial charge in [0.15, 0.2) is 0 Å². The fourth-order valence-corrected chi connectivity index (χ4v) is 5.69. The monoisotopic (exact) mass is 593 g/mol. The lowest BCUT2D eigenvalue weighted by Crippen LogP contribution is -2.52. The molecule has 0 radical (unpaired) electrons. The Labute approximate surface area is 238 Å². The van der Waals surface area contributed by atoms with Crippen molar-refractivity contribution < 1.29 is 22.4 Å². The molecule has 7 nitrogen and oxygen atoms in total. The van der Waals surface area contributed by atoms with Crippen LogP contribution in [0, 0.1) is 5.82 Å². The van der Waals surface area contributed by atoms with Gasteiger partial charge in [0, 0.05) is 18.1 Å². The van der Waals surface area contributed by atoms with E-state index in [1.54, 1.807) is 49.4 Å². The molecule has 0 heterocycles. The maximum Gasteiger partial charge on any atom is 0.264 e. The molecule has 1 atom stereocenters. The Balaban J connectivity index is 2.06. The Morgan fingerprint density at radius 1 is 0.974 bits per heavy atom. The van der Waals surface area contributed by atoms with Crippen molar-refractivity contribution in [3.8, 4) is 0 Å². The lowest BCUT2D eigenvalue weighted by Gasteiger charge is -2.33. The van der Waals surface area contributed by atoms with E-state index in [0.717, 1.165) is 16.4 Å². The topological polar surface area (TPSA) is 86.8 Å². The fourth-order valence-electron chi connectivity index (χ4n) is 3.96. The SMILES string of the molecule is CCCNC(=O)C(CC)N(Cc1ccc(Cl)cc1)C(=O)CN(c1ccc(F)c(Cl)c1)S(=O)(=O)c1ccccc1. The number of nitrogens with one attached hydrogen (secondary N) is 1. The number of carbonyl (C=O) groups is 2. The first-order valence-corrected chi connectivity index (χ1v) is 14.6. The van der Waals surface area contributed by atoms with Crippen LogP contribution in [0.1, 0.15) is 32.3 Å². The van der Waals surface area contributed by atoms with Crippen LogP contribution in [0.4, 0.5) is 10.1 Å². The van der Waals surface area contributed by atoms with E-state index in [0.29, 0.717) is 30.0 Å². The number of anilines is 1. The fraction of sp³-hybridized carbons (Fsp3) is 0.286. The van der Waals surface area contributed by atoms with Crippen LogP contribution in [0.2, 0.25) is 10.0 Å². The van der Waals surface area contributed by atoms with Gasteiger partial charge in [-0.25, -0.2) is 12.8 Å². The van der Waals surface area contributed by atoms with Gasteiger partial charge < -0.3 is 10.2 Å². The molecule has 0 aliphatic carbocycles. The van der Waals surface area contributed by atoms with Crippen molar-refractivity contribution in [2.75, 3.05) is 17.4 Å². The Morgan fingerprint density at radius 2 is 1.64 bits per heavy atom. The van der Waals surface area contributed by atoms with Crippen LogP contribution >= 0.6 is 23.2 Å². The van der Waals surface area contributed by atoms with Gasteiger partial charge in [-0.2, -0.15) is 0 Å². The van der Waals surface area contributed by atoms with Gasteiger partial charge in [-0.1, -0.05) is 67.4 Å². The first-order valence-electron chi connectivity index (χ1n) is 12.4. The summed E-state index contributed by atoms with van der Waals surface area (Å²) in [6, 6.07) is 17.0. The van der Waals surface area contributed by atoms with Crippen LogP contribution in [0.5, 0.6) is 0 Å². The zero-order chi connectivity index (χ0) is 28.6. The Kier molecular flexibility index (Phi) is 10.7. The van der Waals surface area contributed by atoms with Crippen molar-refractivity contribution in [3.05, 3.63) is 94.2 Å². The van der Waals surface area contributed by atoms with Crippen molar-refractivity contribution in [1.29, 1.82) is 0 Å². The molecule has 0 saturated heterocycles. The van der Waals surface area contributed by atoms with Gasteiger partial charge in [-0.3, -0.25) is 13.9 Å². The van der Waals surface area contributed by atoms with Gasteiger partial charge in [-0.15, -0.1) is 0 Å². The molecule has 0 aromatic heterocycles. The molecule has 1 N–H and O–H groups in total. The molecule has 3 aromatic carbocycles. The highest BCUT2D eigenvalue weighted by atomic mass is 35.5. The Hall–Kier alpha value is -3.14. The highest BCUT2D eigenvalue weighted by Gasteiger charge is 2.33. The second kappa shape index (κ2) is 13.8. The number of rotatable bonds is 12. The van der Waals surface area contributed by atoms with Crippen LogP contribution in [-0.2, 0) is 26.2 Å². The maximum atomic E-state index is 14.0. The summed E-state index contributed by atoms with van der Waals surface area (Å²) < 4.78 is 42.3. The van der Waals surface area contributed by atoms with Crippen LogP contribution in [0.15, 0.2) is 77.7 Å². The van der Waals surface area contributed by atoms with Crippen LogP contribution in [-0.4, -0.2) is 44.3 Å². The molecule has 39 heavy (non-hydrogen) atoms. The number of halogens is 3. The molecule has 0 aliphatic rings. The first-order chi connectivity index (χ1) is 18.6. The molecule has 2 amide bonds. The quantitative estimate of drug-likeness (QED) is 0.293. The van der Waals surface area contributed by atoms with Crippen molar-refractivity contribution in [2.24, 2.45) is 0 Å². The van der Waals surface area contributed by atoms with E-state index in [4.69, 9.17) is 23.2 Å².